The first-order valence-corrected chi connectivity index (χ1v) is 2.96. The molecular formula is C5H5CoN5O. The fourth-order valence-corrected chi connectivity index (χ4v) is 0.860. The predicted molar refractivity (Wildman–Crippen MR) is 38.9 cm³/mol. The smallest absolute Gasteiger partial charge is 0.278 e. The normalized spacial score (nSPS) is 9.67. The summed E-state index contributed by atoms with van der Waals surface area (Å²) in [5, 5.41) is 0. The molecule has 12 heavy (non-hydrogen) atoms. The van der Waals surface area contributed by atoms with Crippen LogP contribution >= 0.6 is 0 Å². The molecule has 0 fully saturated rings. The van der Waals surface area contributed by atoms with E-state index >= 15 is 0 Å². The number of nitrogens with two attached hydrogens (primary N) is 1. The van der Waals surface area contributed by atoms with E-state index in [-0.39, 0.29) is 28.3 Å². The second kappa shape index (κ2) is 2.95. The van der Waals surface area contributed by atoms with Crippen LogP contribution in [-0.4, -0.2) is 19.9 Å². The van der Waals surface area contributed by atoms with Crippen molar-refractivity contribution in [2.45, 2.75) is 0 Å². The molecule has 0 bridgehead atoms. The van der Waals surface area contributed by atoms with Gasteiger partial charge in [-0.2, -0.15) is 4.98 Å². The molecule has 0 atom stereocenters. The molecule has 2 rings (SSSR count). The van der Waals surface area contributed by atoms with Gasteiger partial charge in [0, 0.05) is 16.8 Å². The zero-order valence-corrected chi connectivity index (χ0v) is 6.83. The molecular weight excluding hydrogens is 205 g/mol. The maximum absolute atomic E-state index is 11.0. The molecule has 65 valence electrons. The molecule has 0 aliphatic heterocycles. The number of aromatic amines is 2. The van der Waals surface area contributed by atoms with Crippen molar-refractivity contribution < 1.29 is 16.8 Å². The number of H-pyrrole nitrogens is 2. The van der Waals surface area contributed by atoms with Crippen LogP contribution in [0.25, 0.3) is 11.2 Å². The van der Waals surface area contributed by atoms with E-state index in [4.69, 9.17) is 5.73 Å². The fourth-order valence-electron chi connectivity index (χ4n) is 0.860. The molecule has 0 saturated carbocycles. The largest absolute Gasteiger partial charge is 0.369 e. The SMILES string of the molecule is Nc1nc2nc[nH]c2c(=O)[nH]1.[Co]. The Balaban J connectivity index is 0.000000720. The maximum atomic E-state index is 11.0. The first-order valence-electron chi connectivity index (χ1n) is 2.96. The summed E-state index contributed by atoms with van der Waals surface area (Å²) in [6.45, 7) is 0. The minimum Gasteiger partial charge on any atom is -0.369 e. The number of nitrogen functional groups attached to an aromatic ring is 1. The molecule has 6 nitrogen and oxygen atoms in total. The van der Waals surface area contributed by atoms with Crippen LogP contribution in [0.2, 0.25) is 0 Å². The van der Waals surface area contributed by atoms with Crippen molar-refractivity contribution in [3.63, 3.8) is 0 Å². The van der Waals surface area contributed by atoms with Gasteiger partial charge in [0.1, 0.15) is 0 Å². The van der Waals surface area contributed by atoms with E-state index in [0.717, 1.165) is 0 Å². The van der Waals surface area contributed by atoms with Crippen LogP contribution < -0.4 is 11.3 Å². The van der Waals surface area contributed by atoms with Crippen molar-refractivity contribution in [3.8, 4) is 0 Å². The standard InChI is InChI=1S/C5H5N5O.Co/c6-5-9-3-2(4(11)10-5)7-1-8-3;/h1H,(H4,6,7,8,9,10,11);. The van der Waals surface area contributed by atoms with Crippen LogP contribution in [0.4, 0.5) is 5.95 Å². The van der Waals surface area contributed by atoms with Gasteiger partial charge in [0.25, 0.3) is 5.56 Å². The van der Waals surface area contributed by atoms with Crippen LogP contribution in [0.15, 0.2) is 11.1 Å². The van der Waals surface area contributed by atoms with Crippen LogP contribution in [0, 0.1) is 0 Å². The molecule has 0 amide bonds. The molecule has 2 heterocycles. The number of rotatable bonds is 0. The number of fused-ring (bicyclic) bond motifs is 1. The number of hydrogen-bond acceptors (Lipinski definition) is 4. The monoisotopic (exact) mass is 210 g/mol. The van der Waals surface area contributed by atoms with E-state index in [1.807, 2.05) is 0 Å². The summed E-state index contributed by atoms with van der Waals surface area (Å²) >= 11 is 0. The Labute approximate surface area is 76.8 Å². The summed E-state index contributed by atoms with van der Waals surface area (Å²) in [6.07, 6.45) is 1.40. The quantitative estimate of drug-likeness (QED) is 0.531. The minimum atomic E-state index is -0.301. The second-order valence-corrected chi connectivity index (χ2v) is 2.05. The third-order valence-corrected chi connectivity index (χ3v) is 1.31. The van der Waals surface area contributed by atoms with Crippen molar-refractivity contribution in [1.29, 1.82) is 0 Å². The minimum absolute atomic E-state index is 0. The van der Waals surface area contributed by atoms with Crippen molar-refractivity contribution in [3.05, 3.63) is 16.7 Å². The molecule has 1 radical (unpaired) electrons. The van der Waals surface area contributed by atoms with Gasteiger partial charge >= 0.3 is 0 Å². The average molecular weight is 210 g/mol. The topological polar surface area (TPSA) is 100 Å². The molecule has 0 unspecified atom stereocenters. The van der Waals surface area contributed by atoms with E-state index < -0.39 is 0 Å². The third-order valence-electron chi connectivity index (χ3n) is 1.31. The Morgan fingerprint density at radius 1 is 1.50 bits per heavy atom. The summed E-state index contributed by atoms with van der Waals surface area (Å²) in [7, 11) is 0. The predicted octanol–water partition coefficient (Wildman–Crippen LogP) is -0.774. The van der Waals surface area contributed by atoms with Gasteiger partial charge in [0.05, 0.1) is 6.33 Å². The van der Waals surface area contributed by atoms with Gasteiger partial charge in [-0.15, -0.1) is 0 Å². The molecule has 0 aliphatic carbocycles. The van der Waals surface area contributed by atoms with Gasteiger partial charge in [0.2, 0.25) is 5.95 Å². The summed E-state index contributed by atoms with van der Waals surface area (Å²) in [5.41, 5.74) is 5.65. The van der Waals surface area contributed by atoms with E-state index in [9.17, 15) is 4.79 Å². The zero-order valence-electron chi connectivity index (χ0n) is 5.79. The van der Waals surface area contributed by atoms with Crippen molar-refractivity contribution in [2.24, 2.45) is 0 Å². The Kier molecular flexibility index (Phi) is 2.15. The van der Waals surface area contributed by atoms with Crippen molar-refractivity contribution >= 4 is 17.1 Å². The maximum Gasteiger partial charge on any atom is 0.278 e. The molecule has 0 aliphatic rings. The summed E-state index contributed by atoms with van der Waals surface area (Å²) < 4.78 is 0. The number of aromatic nitrogens is 4. The van der Waals surface area contributed by atoms with E-state index in [1.165, 1.54) is 6.33 Å². The van der Waals surface area contributed by atoms with Crippen molar-refractivity contribution in [1.82, 2.24) is 19.9 Å². The van der Waals surface area contributed by atoms with Crippen molar-refractivity contribution in [2.75, 3.05) is 5.73 Å². The molecule has 0 spiro atoms. The summed E-state index contributed by atoms with van der Waals surface area (Å²) in [4.78, 5) is 23.5. The Hall–Kier alpha value is -1.34. The van der Waals surface area contributed by atoms with Gasteiger partial charge in [-0.25, -0.2) is 4.98 Å². The van der Waals surface area contributed by atoms with Crippen LogP contribution in [0.5, 0.6) is 0 Å². The number of nitrogens with zero attached hydrogens (tertiary/aromatic N) is 2. The van der Waals surface area contributed by atoms with E-state index in [1.54, 1.807) is 0 Å². The first-order chi connectivity index (χ1) is 5.27. The van der Waals surface area contributed by atoms with Gasteiger partial charge < -0.3 is 10.7 Å². The zero-order chi connectivity index (χ0) is 7.84. The molecule has 2 aromatic rings. The van der Waals surface area contributed by atoms with Gasteiger partial charge in [-0.1, -0.05) is 0 Å². The summed E-state index contributed by atoms with van der Waals surface area (Å²) in [6, 6.07) is 0. The molecule has 7 heteroatoms. The Morgan fingerprint density at radius 2 is 2.25 bits per heavy atom. The average Bonchev–Trinajstić information content (AvgIpc) is 2.34. The number of anilines is 1. The van der Waals surface area contributed by atoms with Gasteiger partial charge in [-0.05, 0) is 0 Å². The Bertz CT molecular complexity index is 446. The number of hydrogen-bond donors (Lipinski definition) is 3. The summed E-state index contributed by atoms with van der Waals surface area (Å²) in [5.74, 6) is 0.0783. The van der Waals surface area contributed by atoms with E-state index in [2.05, 4.69) is 19.9 Å². The Morgan fingerprint density at radius 3 is 3.00 bits per heavy atom. The van der Waals surface area contributed by atoms with Gasteiger partial charge in [-0.3, -0.25) is 9.78 Å². The first kappa shape index (κ1) is 8.75. The fraction of sp³-hybridized carbons (Fsp3) is 0. The third kappa shape index (κ3) is 1.19. The molecule has 0 aromatic carbocycles. The molecule has 4 N–H and O–H groups in total. The second-order valence-electron chi connectivity index (χ2n) is 2.05. The number of imidazole rings is 1. The van der Waals surface area contributed by atoms with Gasteiger partial charge in [0.15, 0.2) is 11.2 Å². The van der Waals surface area contributed by atoms with Crippen LogP contribution in [0.1, 0.15) is 0 Å². The number of nitrogens with one attached hydrogen (secondary N) is 2. The molecule has 0 saturated heterocycles. The van der Waals surface area contributed by atoms with Crippen LogP contribution in [-0.2, 0) is 16.8 Å². The van der Waals surface area contributed by atoms with Crippen LogP contribution in [0.3, 0.4) is 0 Å². The van der Waals surface area contributed by atoms with E-state index in [0.29, 0.717) is 11.2 Å². The molecule has 2 aromatic heterocycles.